The van der Waals surface area contributed by atoms with Gasteiger partial charge >= 0.3 is 93.2 Å². The van der Waals surface area contributed by atoms with Gasteiger partial charge in [0.15, 0.2) is 0 Å². The topological polar surface area (TPSA) is 52.6 Å². The van der Waals surface area contributed by atoms with E-state index in [0.717, 1.165) is 6.92 Å². The molecule has 0 bridgehead atoms. The van der Waals surface area contributed by atoms with Crippen molar-refractivity contribution >= 4 is 17.2 Å². The molecular formula is C10H14O4Se. The van der Waals surface area contributed by atoms with Gasteiger partial charge in [0.25, 0.3) is 0 Å². The average Bonchev–Trinajstić information content (AvgIpc) is 2.26. The van der Waals surface area contributed by atoms with E-state index in [-0.39, 0.29) is 16.0 Å². The van der Waals surface area contributed by atoms with Gasteiger partial charge in [-0.25, -0.2) is 0 Å². The first-order valence-corrected chi connectivity index (χ1v) is 7.32. The van der Waals surface area contributed by atoms with E-state index in [1.54, 1.807) is 6.07 Å². The second kappa shape index (κ2) is 4.64. The first-order valence-electron chi connectivity index (χ1n) is 5.21. The molecule has 15 heavy (non-hydrogen) atoms. The maximum atomic E-state index is 12.1. The summed E-state index contributed by atoms with van der Waals surface area (Å²) < 4.78 is 48.7. The van der Waals surface area contributed by atoms with Crippen molar-refractivity contribution in [3.8, 4) is 11.5 Å². The van der Waals surface area contributed by atoms with Gasteiger partial charge in [0.1, 0.15) is 0 Å². The predicted molar refractivity (Wildman–Crippen MR) is 56.8 cm³/mol. The van der Waals surface area contributed by atoms with Gasteiger partial charge < -0.3 is 0 Å². The monoisotopic (exact) mass is 279 g/mol. The van der Waals surface area contributed by atoms with E-state index < -0.39 is 18.0 Å². The van der Waals surface area contributed by atoms with Crippen molar-refractivity contribution in [1.82, 2.24) is 0 Å². The van der Waals surface area contributed by atoms with Gasteiger partial charge in [0.05, 0.1) is 0 Å². The van der Waals surface area contributed by atoms with E-state index in [4.69, 9.17) is 12.2 Å². The average molecular weight is 278 g/mol. The molecule has 0 amide bonds. The van der Waals surface area contributed by atoms with Crippen LogP contribution in [-0.2, 0) is 7.67 Å². The van der Waals surface area contributed by atoms with Crippen LogP contribution in [0.5, 0.6) is 11.5 Å². The third kappa shape index (κ3) is 2.30. The fourth-order valence-electron chi connectivity index (χ4n) is 1.18. The molecule has 1 aromatic rings. The summed E-state index contributed by atoms with van der Waals surface area (Å²) >= 11 is -4.97. The van der Waals surface area contributed by atoms with E-state index >= 15 is 0 Å². The Balaban J connectivity index is 3.53. The van der Waals surface area contributed by atoms with Crippen molar-refractivity contribution in [2.45, 2.75) is 12.2 Å². The summed E-state index contributed by atoms with van der Waals surface area (Å²) in [6.45, 7) is 1.02. The summed E-state index contributed by atoms with van der Waals surface area (Å²) in [7, 11) is 2.71. The summed E-state index contributed by atoms with van der Waals surface area (Å²) in [5.41, 5.74) is 0. The Morgan fingerprint density at radius 1 is 1.47 bits per heavy atom. The third-order valence-corrected chi connectivity index (χ3v) is 4.94. The van der Waals surface area contributed by atoms with E-state index in [9.17, 15) is 7.67 Å². The Hall–Kier alpha value is -1.06. The predicted octanol–water partition coefficient (Wildman–Crippen LogP) is 1.23. The molecule has 0 saturated carbocycles. The van der Waals surface area contributed by atoms with Crippen LogP contribution in [0.2, 0.25) is 5.27 Å². The molecule has 0 N–H and O–H groups in total. The van der Waals surface area contributed by atoms with Gasteiger partial charge in [-0.1, -0.05) is 0 Å². The maximum absolute atomic E-state index is 12.1. The Labute approximate surface area is 93.6 Å². The summed E-state index contributed by atoms with van der Waals surface area (Å²) in [4.78, 5) is 0. The summed E-state index contributed by atoms with van der Waals surface area (Å²) in [5, 5.41) is -2.31. The van der Waals surface area contributed by atoms with E-state index in [1.165, 1.54) is 26.4 Å². The minimum atomic E-state index is -4.97. The van der Waals surface area contributed by atoms with Crippen LogP contribution in [0.3, 0.4) is 0 Å². The van der Waals surface area contributed by atoms with Gasteiger partial charge in [0.2, 0.25) is 0 Å². The molecule has 0 aliphatic rings. The molecule has 0 saturated heterocycles. The molecule has 4 nitrogen and oxygen atoms in total. The standard InChI is InChI=1S/C10H14O4Se/c1-4-15(11,12)9-7-5-6-8(13-2)10(9)14-3/h5-7H,4H2,1-3H3/i4DH. The molecule has 0 aromatic heterocycles. The third-order valence-electron chi connectivity index (χ3n) is 1.93. The molecule has 0 spiro atoms. The number of para-hydroxylation sites is 1. The summed E-state index contributed by atoms with van der Waals surface area (Å²) in [5.74, 6) is 0.313. The Kier molecular flexibility index (Phi) is 2.84. The van der Waals surface area contributed by atoms with Gasteiger partial charge in [-0.2, -0.15) is 0 Å². The van der Waals surface area contributed by atoms with Crippen LogP contribution in [-0.4, -0.2) is 26.9 Å². The quantitative estimate of drug-likeness (QED) is 0.777. The molecule has 0 aliphatic carbocycles. The first kappa shape index (κ1) is 9.19. The number of hydrogen-bond donors (Lipinski definition) is 0. The molecule has 0 aliphatic heterocycles. The van der Waals surface area contributed by atoms with Gasteiger partial charge in [-0.05, 0) is 0 Å². The van der Waals surface area contributed by atoms with Crippen molar-refractivity contribution < 1.29 is 19.9 Å². The zero-order valence-corrected chi connectivity index (χ0v) is 10.5. The first-order chi connectivity index (χ1) is 7.75. The molecule has 1 unspecified atom stereocenters. The van der Waals surface area contributed by atoms with E-state index in [1.807, 2.05) is 0 Å². The van der Waals surface area contributed by atoms with E-state index in [0.29, 0.717) is 0 Å². The molecule has 0 fully saturated rings. The summed E-state index contributed by atoms with van der Waals surface area (Å²) in [6, 6.07) is 4.37. The van der Waals surface area contributed by atoms with Gasteiger partial charge in [-0.3, -0.25) is 0 Å². The van der Waals surface area contributed by atoms with Crippen molar-refractivity contribution in [2.75, 3.05) is 14.2 Å². The number of methoxy groups -OCH3 is 2. The molecule has 1 aromatic carbocycles. The Morgan fingerprint density at radius 2 is 2.13 bits per heavy atom. The van der Waals surface area contributed by atoms with Crippen LogP contribution < -0.4 is 13.9 Å². The van der Waals surface area contributed by atoms with Crippen molar-refractivity contribution in [3.63, 3.8) is 0 Å². The number of ether oxygens (including phenoxy) is 2. The molecule has 0 radical (unpaired) electrons. The molecule has 84 valence electrons. The zero-order valence-electron chi connectivity index (χ0n) is 10.8. The normalized spacial score (nSPS) is 17.3. The Bertz CT molecular complexity index is 506. The minimum absolute atomic E-state index is 0.0470. The second-order valence-electron chi connectivity index (χ2n) is 2.70. The molecular weight excluding hydrogens is 263 g/mol. The van der Waals surface area contributed by atoms with Crippen LogP contribution >= 0.6 is 0 Å². The van der Waals surface area contributed by atoms with Crippen LogP contribution in [0, 0.1) is 0 Å². The molecule has 1 rings (SSSR count). The van der Waals surface area contributed by atoms with Crippen LogP contribution in [0.1, 0.15) is 9.67 Å². The van der Waals surface area contributed by atoms with Crippen molar-refractivity contribution in [2.24, 2.45) is 0 Å². The number of hydrogen-bond acceptors (Lipinski definition) is 4. The van der Waals surface area contributed by atoms with Crippen molar-refractivity contribution in [3.05, 3.63) is 18.2 Å². The SMILES string of the molecule is [1H]C([2H])(C)[Se](=O)(=O)c1cccc(OC)c1OC. The van der Waals surface area contributed by atoms with Crippen LogP contribution in [0.15, 0.2) is 18.2 Å². The number of rotatable bonds is 4. The van der Waals surface area contributed by atoms with Gasteiger partial charge in [-0.15, -0.1) is 0 Å². The number of benzene rings is 1. The fraction of sp³-hybridized carbons (Fsp3) is 0.400. The zero-order chi connectivity index (χ0) is 13.3. The molecule has 0 heterocycles. The summed E-state index contributed by atoms with van der Waals surface area (Å²) in [6.07, 6.45) is 0. The van der Waals surface area contributed by atoms with Crippen LogP contribution in [0.25, 0.3) is 0 Å². The van der Waals surface area contributed by atoms with Crippen LogP contribution in [0.4, 0.5) is 0 Å². The fourth-order valence-corrected chi connectivity index (χ4v) is 3.08. The molecule has 5 heteroatoms. The van der Waals surface area contributed by atoms with Crippen molar-refractivity contribution in [1.29, 1.82) is 0 Å². The second-order valence-corrected chi connectivity index (χ2v) is 6.59. The Morgan fingerprint density at radius 3 is 2.60 bits per heavy atom. The molecule has 1 atom stereocenters. The van der Waals surface area contributed by atoms with E-state index in [2.05, 4.69) is 0 Å². The van der Waals surface area contributed by atoms with Gasteiger partial charge in [0, 0.05) is 0 Å².